The Morgan fingerprint density at radius 3 is 2.47 bits per heavy atom. The lowest BCUT2D eigenvalue weighted by Gasteiger charge is -2.14. The van der Waals surface area contributed by atoms with E-state index in [2.05, 4.69) is 0 Å². The highest BCUT2D eigenvalue weighted by molar-refractivity contribution is 5.39. The summed E-state index contributed by atoms with van der Waals surface area (Å²) in [6, 6.07) is 3.92. The van der Waals surface area contributed by atoms with Crippen molar-refractivity contribution in [2.24, 2.45) is 5.73 Å². The molecule has 0 amide bonds. The number of aliphatic hydroxyl groups is 1. The highest BCUT2D eigenvalue weighted by Gasteiger charge is 2.31. The summed E-state index contributed by atoms with van der Waals surface area (Å²) in [5.74, 6) is 0. The number of hydrogen-bond acceptors (Lipinski definition) is 3. The van der Waals surface area contributed by atoms with Gasteiger partial charge < -0.3 is 10.8 Å². The van der Waals surface area contributed by atoms with E-state index in [4.69, 9.17) is 16.1 Å². The molecule has 3 N–H and O–H groups in total. The van der Waals surface area contributed by atoms with Crippen LogP contribution in [-0.2, 0) is 6.18 Å². The molecule has 0 saturated carbocycles. The molecule has 1 aromatic rings. The molecule has 1 atom stereocenters. The fourth-order valence-corrected chi connectivity index (χ4v) is 1.40. The van der Waals surface area contributed by atoms with Crippen LogP contribution >= 0.6 is 0 Å². The number of halogens is 3. The molecule has 1 rings (SSSR count). The summed E-state index contributed by atoms with van der Waals surface area (Å²) >= 11 is 0. The lowest BCUT2D eigenvalue weighted by Crippen LogP contribution is -2.14. The quantitative estimate of drug-likeness (QED) is 0.853. The zero-order chi connectivity index (χ0) is 13.1. The predicted octanol–water partition coefficient (Wildman–Crippen LogP) is 1.96. The summed E-state index contributed by atoms with van der Waals surface area (Å²) in [5.41, 5.74) is 4.81. The molecule has 92 valence electrons. The van der Waals surface area contributed by atoms with Gasteiger partial charge in [0, 0.05) is 12.6 Å². The molecule has 3 nitrogen and oxygen atoms in total. The Morgan fingerprint density at radius 1 is 1.35 bits per heavy atom. The monoisotopic (exact) mass is 244 g/mol. The third kappa shape index (κ3) is 3.44. The SMILES string of the molecule is N#Cc1cc([C@@H](N)CCO)cc(C(F)(F)F)c1. The first-order valence-electron chi connectivity index (χ1n) is 4.87. The zero-order valence-corrected chi connectivity index (χ0v) is 8.83. The van der Waals surface area contributed by atoms with Gasteiger partial charge in [-0.2, -0.15) is 18.4 Å². The Bertz CT molecular complexity index is 437. The number of rotatable bonds is 3. The number of nitriles is 1. The van der Waals surface area contributed by atoms with Gasteiger partial charge in [0.1, 0.15) is 0 Å². The van der Waals surface area contributed by atoms with Gasteiger partial charge in [-0.3, -0.25) is 0 Å². The molecule has 6 heteroatoms. The van der Waals surface area contributed by atoms with Crippen LogP contribution in [0.15, 0.2) is 18.2 Å². The molecule has 0 radical (unpaired) electrons. The first-order chi connectivity index (χ1) is 7.88. The molecular weight excluding hydrogens is 233 g/mol. The van der Waals surface area contributed by atoms with E-state index in [0.29, 0.717) is 0 Å². The van der Waals surface area contributed by atoms with E-state index in [1.165, 1.54) is 6.07 Å². The van der Waals surface area contributed by atoms with Gasteiger partial charge in [-0.1, -0.05) is 0 Å². The minimum absolute atomic E-state index is 0.0942. The lowest BCUT2D eigenvalue weighted by atomic mass is 9.99. The molecule has 0 spiro atoms. The summed E-state index contributed by atoms with van der Waals surface area (Å²) in [6.07, 6.45) is -4.37. The van der Waals surface area contributed by atoms with Crippen molar-refractivity contribution in [3.05, 3.63) is 34.9 Å². The van der Waals surface area contributed by atoms with Gasteiger partial charge >= 0.3 is 6.18 Å². The first kappa shape index (κ1) is 13.5. The predicted molar refractivity (Wildman–Crippen MR) is 54.8 cm³/mol. The molecular formula is C11H11F3N2O. The zero-order valence-electron chi connectivity index (χ0n) is 8.83. The molecule has 0 heterocycles. The fourth-order valence-electron chi connectivity index (χ4n) is 1.40. The van der Waals surface area contributed by atoms with Crippen molar-refractivity contribution in [2.45, 2.75) is 18.6 Å². The lowest BCUT2D eigenvalue weighted by molar-refractivity contribution is -0.137. The van der Waals surface area contributed by atoms with Gasteiger partial charge in [0.15, 0.2) is 0 Å². The minimum Gasteiger partial charge on any atom is -0.396 e. The van der Waals surface area contributed by atoms with Crippen LogP contribution in [0.1, 0.15) is 29.2 Å². The van der Waals surface area contributed by atoms with E-state index in [9.17, 15) is 13.2 Å². The molecule has 0 aliphatic rings. The smallest absolute Gasteiger partial charge is 0.396 e. The third-order valence-corrected chi connectivity index (χ3v) is 2.28. The molecule has 17 heavy (non-hydrogen) atoms. The number of benzene rings is 1. The number of hydrogen-bond donors (Lipinski definition) is 2. The van der Waals surface area contributed by atoms with Crippen LogP contribution in [0.4, 0.5) is 13.2 Å². The second-order valence-corrected chi connectivity index (χ2v) is 3.57. The second kappa shape index (κ2) is 5.17. The van der Waals surface area contributed by atoms with E-state index >= 15 is 0 Å². The van der Waals surface area contributed by atoms with Gasteiger partial charge in [-0.25, -0.2) is 0 Å². The average Bonchev–Trinajstić information content (AvgIpc) is 2.27. The number of nitrogens with two attached hydrogens (primary N) is 1. The Hall–Kier alpha value is -1.58. The van der Waals surface area contributed by atoms with E-state index in [1.807, 2.05) is 0 Å². The van der Waals surface area contributed by atoms with Crippen molar-refractivity contribution in [1.29, 1.82) is 5.26 Å². The molecule has 0 unspecified atom stereocenters. The molecule has 0 aliphatic carbocycles. The molecule has 1 aromatic carbocycles. The Balaban J connectivity index is 3.20. The fraction of sp³-hybridized carbons (Fsp3) is 0.364. The van der Waals surface area contributed by atoms with Gasteiger partial charge in [-0.15, -0.1) is 0 Å². The van der Waals surface area contributed by atoms with Crippen LogP contribution in [-0.4, -0.2) is 11.7 Å². The van der Waals surface area contributed by atoms with Crippen LogP contribution in [0.2, 0.25) is 0 Å². The number of aliphatic hydroxyl groups excluding tert-OH is 1. The average molecular weight is 244 g/mol. The van der Waals surface area contributed by atoms with Crippen molar-refractivity contribution < 1.29 is 18.3 Å². The van der Waals surface area contributed by atoms with Crippen molar-refractivity contribution in [3.8, 4) is 6.07 Å². The van der Waals surface area contributed by atoms with E-state index in [0.717, 1.165) is 12.1 Å². The summed E-state index contributed by atoms with van der Waals surface area (Å²) < 4.78 is 37.6. The maximum absolute atomic E-state index is 12.5. The van der Waals surface area contributed by atoms with Gasteiger partial charge in [0.2, 0.25) is 0 Å². The summed E-state index contributed by atoms with van der Waals surface area (Å²) in [4.78, 5) is 0. The van der Waals surface area contributed by atoms with Crippen LogP contribution in [0.25, 0.3) is 0 Å². The normalized spacial score (nSPS) is 13.2. The van der Waals surface area contributed by atoms with Gasteiger partial charge in [0.25, 0.3) is 0 Å². The summed E-state index contributed by atoms with van der Waals surface area (Å²) in [5, 5.41) is 17.3. The molecule has 0 fully saturated rings. The van der Waals surface area contributed by atoms with Crippen LogP contribution < -0.4 is 5.73 Å². The number of nitrogens with zero attached hydrogens (tertiary/aromatic N) is 1. The van der Waals surface area contributed by atoms with Gasteiger partial charge in [-0.05, 0) is 30.2 Å². The molecule has 0 bridgehead atoms. The second-order valence-electron chi connectivity index (χ2n) is 3.57. The van der Waals surface area contributed by atoms with Crippen molar-refractivity contribution >= 4 is 0 Å². The Kier molecular flexibility index (Phi) is 4.10. The van der Waals surface area contributed by atoms with E-state index < -0.39 is 17.8 Å². The topological polar surface area (TPSA) is 70.0 Å². The molecule has 0 aliphatic heterocycles. The third-order valence-electron chi connectivity index (χ3n) is 2.28. The van der Waals surface area contributed by atoms with E-state index in [-0.39, 0.29) is 24.2 Å². The van der Waals surface area contributed by atoms with Gasteiger partial charge in [0.05, 0.1) is 17.2 Å². The molecule has 0 saturated heterocycles. The summed E-state index contributed by atoms with van der Waals surface area (Å²) in [7, 11) is 0. The van der Waals surface area contributed by atoms with Crippen molar-refractivity contribution in [2.75, 3.05) is 6.61 Å². The van der Waals surface area contributed by atoms with Crippen LogP contribution in [0.3, 0.4) is 0 Å². The maximum Gasteiger partial charge on any atom is 0.416 e. The van der Waals surface area contributed by atoms with E-state index in [1.54, 1.807) is 6.07 Å². The van der Waals surface area contributed by atoms with Crippen molar-refractivity contribution in [1.82, 2.24) is 0 Å². The molecule has 0 aromatic heterocycles. The Morgan fingerprint density at radius 2 is 2.00 bits per heavy atom. The van der Waals surface area contributed by atoms with Crippen LogP contribution in [0, 0.1) is 11.3 Å². The maximum atomic E-state index is 12.5. The number of alkyl halides is 3. The Labute approximate surface area is 96.3 Å². The first-order valence-corrected chi connectivity index (χ1v) is 4.87. The summed E-state index contributed by atoms with van der Waals surface area (Å²) in [6.45, 7) is -0.223. The van der Waals surface area contributed by atoms with Crippen molar-refractivity contribution in [3.63, 3.8) is 0 Å². The largest absolute Gasteiger partial charge is 0.416 e. The van der Waals surface area contributed by atoms with Crippen LogP contribution in [0.5, 0.6) is 0 Å². The highest BCUT2D eigenvalue weighted by atomic mass is 19.4. The standard InChI is InChI=1S/C11H11F3N2O/c12-11(13,14)9-4-7(6-15)3-8(5-9)10(16)1-2-17/h3-5,10,17H,1-2,16H2/t10-/m0/s1. The highest BCUT2D eigenvalue weighted by Crippen LogP contribution is 2.32. The minimum atomic E-state index is -4.51.